The first-order valence-electron chi connectivity index (χ1n) is 11.8. The van der Waals surface area contributed by atoms with Crippen LogP contribution in [-0.2, 0) is 6.42 Å². The van der Waals surface area contributed by atoms with Crippen LogP contribution in [-0.4, -0.2) is 45.6 Å². The minimum absolute atomic E-state index is 0.291. The molecule has 1 fully saturated rings. The lowest BCUT2D eigenvalue weighted by molar-refractivity contribution is 0.0956. The van der Waals surface area contributed by atoms with Crippen molar-refractivity contribution in [2.75, 3.05) is 35.7 Å². The van der Waals surface area contributed by atoms with Crippen LogP contribution in [0.25, 0.3) is 0 Å². The lowest BCUT2D eigenvalue weighted by Gasteiger charge is -2.33. The maximum atomic E-state index is 9.85. The maximum Gasteiger partial charge on any atom is 0.227 e. The molecule has 34 heavy (non-hydrogen) atoms. The average molecular weight is 497 g/mol. The number of hydrogen-bond acceptors (Lipinski definition) is 7. The highest BCUT2D eigenvalue weighted by Crippen LogP contribution is 2.38. The van der Waals surface area contributed by atoms with Crippen LogP contribution in [0.1, 0.15) is 48.1 Å². The molecule has 2 aromatic carbocycles. The number of halogens is 1. The monoisotopic (exact) mass is 496 g/mol. The lowest BCUT2D eigenvalue weighted by atomic mass is 9.89. The standard InChI is InChI=1S/C26H29ClN4O2S/c27-20-7-3-17(4-8-20)18-11-13-31(14-12-18)26-29-22-2-1-15-34-24(22)25(30-26)28-21-9-5-19(6-10-21)23(33)16-32/h3-10,18,23,32-33H,1-2,11-16H2,(H,28,29,30). The largest absolute Gasteiger partial charge is 0.393 e. The molecule has 0 radical (unpaired) electrons. The second-order valence-electron chi connectivity index (χ2n) is 8.86. The van der Waals surface area contributed by atoms with Gasteiger partial charge in [-0.15, -0.1) is 11.8 Å². The van der Waals surface area contributed by atoms with Crippen molar-refractivity contribution in [3.05, 3.63) is 70.4 Å². The molecule has 0 bridgehead atoms. The second-order valence-corrected chi connectivity index (χ2v) is 10.4. The first-order chi connectivity index (χ1) is 16.6. The Labute approximate surface area is 209 Å². The molecule has 5 rings (SSSR count). The van der Waals surface area contributed by atoms with Crippen molar-refractivity contribution >= 4 is 40.8 Å². The molecule has 1 atom stereocenters. The molecular formula is C26H29ClN4O2S. The molecule has 3 aromatic rings. The van der Waals surface area contributed by atoms with Gasteiger partial charge in [0.05, 0.1) is 17.2 Å². The Morgan fingerprint density at radius 2 is 1.79 bits per heavy atom. The zero-order chi connectivity index (χ0) is 23.5. The number of fused-ring (bicyclic) bond motifs is 1. The third-order valence-electron chi connectivity index (χ3n) is 6.58. The maximum absolute atomic E-state index is 9.85. The van der Waals surface area contributed by atoms with Gasteiger partial charge < -0.3 is 20.4 Å². The van der Waals surface area contributed by atoms with E-state index >= 15 is 0 Å². The number of thioether (sulfide) groups is 1. The van der Waals surface area contributed by atoms with Crippen LogP contribution in [0.4, 0.5) is 17.5 Å². The number of rotatable bonds is 6. The molecule has 2 aliphatic rings. The summed E-state index contributed by atoms with van der Waals surface area (Å²) in [5, 5.41) is 23.3. The predicted octanol–water partition coefficient (Wildman–Crippen LogP) is 5.32. The fourth-order valence-electron chi connectivity index (χ4n) is 4.62. The fourth-order valence-corrected chi connectivity index (χ4v) is 5.79. The lowest BCUT2D eigenvalue weighted by Crippen LogP contribution is -2.34. The smallest absolute Gasteiger partial charge is 0.227 e. The molecule has 3 N–H and O–H groups in total. The average Bonchev–Trinajstić information content (AvgIpc) is 2.89. The van der Waals surface area contributed by atoms with Gasteiger partial charge in [-0.1, -0.05) is 35.9 Å². The Hall–Kier alpha value is -2.32. The zero-order valence-electron chi connectivity index (χ0n) is 19.0. The van der Waals surface area contributed by atoms with E-state index in [4.69, 9.17) is 21.6 Å². The van der Waals surface area contributed by atoms with E-state index in [1.54, 1.807) is 0 Å². The molecule has 1 saturated heterocycles. The summed E-state index contributed by atoms with van der Waals surface area (Å²) in [7, 11) is 0. The number of anilines is 3. The van der Waals surface area contributed by atoms with Crippen LogP contribution in [0.5, 0.6) is 0 Å². The summed E-state index contributed by atoms with van der Waals surface area (Å²) in [6.45, 7) is 1.56. The number of hydrogen-bond donors (Lipinski definition) is 3. The summed E-state index contributed by atoms with van der Waals surface area (Å²) in [4.78, 5) is 13.4. The van der Waals surface area contributed by atoms with Gasteiger partial charge in [-0.05, 0) is 72.7 Å². The molecule has 1 aromatic heterocycles. The van der Waals surface area contributed by atoms with Crippen molar-refractivity contribution in [1.29, 1.82) is 0 Å². The van der Waals surface area contributed by atoms with Gasteiger partial charge in [0, 0.05) is 23.8 Å². The molecule has 1 unspecified atom stereocenters. The number of piperidine rings is 1. The second kappa shape index (κ2) is 10.5. The van der Waals surface area contributed by atoms with E-state index in [-0.39, 0.29) is 6.61 Å². The number of nitrogens with one attached hydrogen (secondary N) is 1. The number of nitrogens with zero attached hydrogens (tertiary/aromatic N) is 3. The van der Waals surface area contributed by atoms with E-state index in [1.165, 1.54) is 5.56 Å². The first kappa shape index (κ1) is 23.4. The highest BCUT2D eigenvalue weighted by atomic mass is 35.5. The van der Waals surface area contributed by atoms with Crippen LogP contribution in [0, 0.1) is 0 Å². The molecule has 2 aliphatic heterocycles. The van der Waals surface area contributed by atoms with Gasteiger partial charge in [0.1, 0.15) is 11.9 Å². The van der Waals surface area contributed by atoms with Gasteiger partial charge in [0.2, 0.25) is 5.95 Å². The van der Waals surface area contributed by atoms with Gasteiger partial charge in [0.15, 0.2) is 0 Å². The van der Waals surface area contributed by atoms with Gasteiger partial charge in [-0.25, -0.2) is 4.98 Å². The Balaban J connectivity index is 1.34. The van der Waals surface area contributed by atoms with Crippen LogP contribution >= 0.6 is 23.4 Å². The summed E-state index contributed by atoms with van der Waals surface area (Å²) >= 11 is 7.87. The molecule has 8 heteroatoms. The topological polar surface area (TPSA) is 81.5 Å². The molecule has 0 saturated carbocycles. The van der Waals surface area contributed by atoms with Crippen molar-refractivity contribution in [3.8, 4) is 0 Å². The normalized spacial score (nSPS) is 17.3. The number of aliphatic hydroxyl groups excluding tert-OH is 2. The van der Waals surface area contributed by atoms with Crippen LogP contribution in [0.2, 0.25) is 5.02 Å². The molecule has 0 aliphatic carbocycles. The number of aromatic nitrogens is 2. The minimum atomic E-state index is -0.862. The third kappa shape index (κ3) is 5.18. The van der Waals surface area contributed by atoms with E-state index in [1.807, 2.05) is 48.2 Å². The zero-order valence-corrected chi connectivity index (χ0v) is 20.5. The van der Waals surface area contributed by atoms with Crippen LogP contribution < -0.4 is 10.2 Å². The van der Waals surface area contributed by atoms with Gasteiger partial charge in [0.25, 0.3) is 0 Å². The molecular weight excluding hydrogens is 468 g/mol. The Morgan fingerprint density at radius 3 is 2.50 bits per heavy atom. The molecule has 0 spiro atoms. The summed E-state index contributed by atoms with van der Waals surface area (Å²) < 4.78 is 0. The van der Waals surface area contributed by atoms with Gasteiger partial charge in [-0.3, -0.25) is 0 Å². The minimum Gasteiger partial charge on any atom is -0.393 e. The number of aryl methyl sites for hydroxylation is 1. The van der Waals surface area contributed by atoms with Crippen molar-refractivity contribution < 1.29 is 10.2 Å². The van der Waals surface area contributed by atoms with E-state index in [0.717, 1.165) is 77.6 Å². The highest BCUT2D eigenvalue weighted by molar-refractivity contribution is 7.99. The van der Waals surface area contributed by atoms with E-state index in [0.29, 0.717) is 11.5 Å². The molecule has 6 nitrogen and oxygen atoms in total. The highest BCUT2D eigenvalue weighted by Gasteiger charge is 2.25. The van der Waals surface area contributed by atoms with Crippen molar-refractivity contribution in [2.24, 2.45) is 0 Å². The molecule has 3 heterocycles. The Bertz CT molecular complexity index is 1120. The summed E-state index contributed by atoms with van der Waals surface area (Å²) in [5.41, 5.74) is 4.06. The van der Waals surface area contributed by atoms with Crippen molar-refractivity contribution in [1.82, 2.24) is 9.97 Å². The van der Waals surface area contributed by atoms with Crippen molar-refractivity contribution in [3.63, 3.8) is 0 Å². The van der Waals surface area contributed by atoms with E-state index in [2.05, 4.69) is 22.3 Å². The fraction of sp³-hybridized carbons (Fsp3) is 0.385. The third-order valence-corrected chi connectivity index (χ3v) is 8.04. The van der Waals surface area contributed by atoms with Crippen molar-refractivity contribution in [2.45, 2.75) is 42.6 Å². The van der Waals surface area contributed by atoms with Gasteiger partial charge in [-0.2, -0.15) is 4.98 Å². The van der Waals surface area contributed by atoms with Crippen LogP contribution in [0.3, 0.4) is 0 Å². The van der Waals surface area contributed by atoms with E-state index < -0.39 is 6.10 Å². The molecule has 0 amide bonds. The summed E-state index contributed by atoms with van der Waals surface area (Å²) in [6, 6.07) is 15.7. The number of aliphatic hydroxyl groups is 2. The first-order valence-corrected chi connectivity index (χ1v) is 13.2. The number of benzene rings is 2. The van der Waals surface area contributed by atoms with E-state index in [9.17, 15) is 10.2 Å². The Kier molecular flexibility index (Phi) is 7.25. The SMILES string of the molecule is OCC(O)c1ccc(Nc2nc(N3CCC(c4ccc(Cl)cc4)CC3)nc3c2SCCC3)cc1. The van der Waals surface area contributed by atoms with Gasteiger partial charge >= 0.3 is 0 Å². The summed E-state index contributed by atoms with van der Waals surface area (Å²) in [5.74, 6) is 3.25. The Morgan fingerprint density at radius 1 is 1.06 bits per heavy atom. The molecule has 178 valence electrons. The summed E-state index contributed by atoms with van der Waals surface area (Å²) in [6.07, 6.45) is 3.36. The predicted molar refractivity (Wildman–Crippen MR) is 138 cm³/mol. The van der Waals surface area contributed by atoms with Crippen LogP contribution in [0.15, 0.2) is 53.4 Å². The quantitative estimate of drug-likeness (QED) is 0.426.